The average molecular weight is 292 g/mol. The highest BCUT2D eigenvalue weighted by atomic mass is 16.5. The summed E-state index contributed by atoms with van der Waals surface area (Å²) in [6.07, 6.45) is 2.58. The highest BCUT2D eigenvalue weighted by molar-refractivity contribution is 5.79. The quantitative estimate of drug-likeness (QED) is 0.781. The Morgan fingerprint density at radius 1 is 1.52 bits per heavy atom. The van der Waals surface area contributed by atoms with Gasteiger partial charge in [-0.3, -0.25) is 4.79 Å². The van der Waals surface area contributed by atoms with Crippen LogP contribution in [-0.4, -0.2) is 55.3 Å². The fourth-order valence-electron chi connectivity index (χ4n) is 2.69. The Morgan fingerprint density at radius 2 is 2.38 bits per heavy atom. The molecule has 0 saturated carbocycles. The summed E-state index contributed by atoms with van der Waals surface area (Å²) in [6.45, 7) is 2.07. The van der Waals surface area contributed by atoms with Crippen LogP contribution in [0.15, 0.2) is 24.3 Å². The molecule has 1 aromatic carbocycles. The summed E-state index contributed by atoms with van der Waals surface area (Å²) in [7, 11) is 1.62. The fraction of sp³-hybridized carbons (Fsp3) is 0.562. The van der Waals surface area contributed by atoms with Gasteiger partial charge in [0.25, 0.3) is 0 Å². The topological polar surface area (TPSA) is 61.8 Å². The largest absolute Gasteiger partial charge is 0.497 e. The molecule has 116 valence electrons. The van der Waals surface area contributed by atoms with E-state index in [1.165, 1.54) is 0 Å². The third-order valence-corrected chi connectivity index (χ3v) is 3.82. The Bertz CT molecular complexity index is 459. The van der Waals surface area contributed by atoms with E-state index in [2.05, 4.69) is 5.32 Å². The number of aliphatic hydroxyl groups is 1. The van der Waals surface area contributed by atoms with Crippen LogP contribution in [-0.2, 0) is 11.2 Å². The third-order valence-electron chi connectivity index (χ3n) is 3.82. The van der Waals surface area contributed by atoms with Gasteiger partial charge in [-0.1, -0.05) is 12.1 Å². The molecular weight excluding hydrogens is 268 g/mol. The van der Waals surface area contributed by atoms with E-state index in [0.29, 0.717) is 25.6 Å². The van der Waals surface area contributed by atoms with E-state index in [-0.39, 0.29) is 12.5 Å². The molecule has 0 aliphatic carbocycles. The smallest absolute Gasteiger partial charge is 0.227 e. The summed E-state index contributed by atoms with van der Waals surface area (Å²) in [4.78, 5) is 14.2. The molecule has 1 aliphatic rings. The molecule has 1 aliphatic heterocycles. The first-order valence-electron chi connectivity index (χ1n) is 7.48. The van der Waals surface area contributed by atoms with Gasteiger partial charge in [-0.15, -0.1) is 0 Å². The first-order chi connectivity index (χ1) is 10.2. The van der Waals surface area contributed by atoms with Crippen molar-refractivity contribution >= 4 is 5.91 Å². The van der Waals surface area contributed by atoms with Crippen molar-refractivity contribution in [2.45, 2.75) is 25.3 Å². The number of hydrogen-bond donors (Lipinski definition) is 2. The van der Waals surface area contributed by atoms with Crippen LogP contribution in [0.1, 0.15) is 18.4 Å². The minimum absolute atomic E-state index is 0.00340. The maximum absolute atomic E-state index is 12.4. The number of amides is 1. The molecule has 1 heterocycles. The SMILES string of the molecule is COc1cccc(CC(=O)N(CCO)CC2CCCN2)c1. The van der Waals surface area contributed by atoms with E-state index in [4.69, 9.17) is 4.74 Å². The van der Waals surface area contributed by atoms with Crippen molar-refractivity contribution < 1.29 is 14.6 Å². The van der Waals surface area contributed by atoms with Gasteiger partial charge in [-0.25, -0.2) is 0 Å². The maximum Gasteiger partial charge on any atom is 0.227 e. The summed E-state index contributed by atoms with van der Waals surface area (Å²) in [5, 5.41) is 12.6. The minimum Gasteiger partial charge on any atom is -0.497 e. The number of ether oxygens (including phenoxy) is 1. The number of hydrogen-bond acceptors (Lipinski definition) is 4. The number of methoxy groups -OCH3 is 1. The van der Waals surface area contributed by atoms with E-state index in [9.17, 15) is 9.90 Å². The van der Waals surface area contributed by atoms with Gasteiger partial charge in [-0.05, 0) is 37.1 Å². The second kappa shape index (κ2) is 8.00. The van der Waals surface area contributed by atoms with Crippen LogP contribution in [0.3, 0.4) is 0 Å². The van der Waals surface area contributed by atoms with E-state index >= 15 is 0 Å². The predicted octanol–water partition coefficient (Wildman–Crippen LogP) is 0.811. The first kappa shape index (κ1) is 15.8. The summed E-state index contributed by atoms with van der Waals surface area (Å²) < 4.78 is 5.18. The standard InChI is InChI=1S/C16H24N2O3/c1-21-15-6-2-4-13(10-15)11-16(20)18(8-9-19)12-14-5-3-7-17-14/h2,4,6,10,14,17,19H,3,5,7-9,11-12H2,1H3. The summed E-state index contributed by atoms with van der Waals surface area (Å²) in [6, 6.07) is 7.90. The fourth-order valence-corrected chi connectivity index (χ4v) is 2.69. The van der Waals surface area contributed by atoms with Crippen molar-refractivity contribution in [2.24, 2.45) is 0 Å². The lowest BCUT2D eigenvalue weighted by molar-refractivity contribution is -0.131. The van der Waals surface area contributed by atoms with Crippen LogP contribution in [0, 0.1) is 0 Å². The molecule has 5 heteroatoms. The number of carbonyl (C=O) groups excluding carboxylic acids is 1. The van der Waals surface area contributed by atoms with Gasteiger partial charge in [0, 0.05) is 19.1 Å². The molecule has 1 amide bonds. The maximum atomic E-state index is 12.4. The molecule has 2 N–H and O–H groups in total. The van der Waals surface area contributed by atoms with Crippen molar-refractivity contribution in [1.82, 2.24) is 10.2 Å². The van der Waals surface area contributed by atoms with Crippen LogP contribution < -0.4 is 10.1 Å². The lowest BCUT2D eigenvalue weighted by Crippen LogP contribution is -2.43. The molecule has 0 aromatic heterocycles. The normalized spacial score (nSPS) is 17.7. The van der Waals surface area contributed by atoms with E-state index in [0.717, 1.165) is 30.7 Å². The Hall–Kier alpha value is -1.59. The van der Waals surface area contributed by atoms with Gasteiger partial charge in [-0.2, -0.15) is 0 Å². The highest BCUT2D eigenvalue weighted by Crippen LogP contribution is 2.14. The zero-order valence-corrected chi connectivity index (χ0v) is 12.5. The summed E-state index contributed by atoms with van der Waals surface area (Å²) >= 11 is 0. The van der Waals surface area contributed by atoms with Gasteiger partial charge >= 0.3 is 0 Å². The molecule has 1 saturated heterocycles. The molecule has 0 radical (unpaired) electrons. The molecule has 1 fully saturated rings. The van der Waals surface area contributed by atoms with Crippen LogP contribution in [0.5, 0.6) is 5.75 Å². The Morgan fingerprint density at radius 3 is 3.05 bits per heavy atom. The van der Waals surface area contributed by atoms with E-state index < -0.39 is 0 Å². The second-order valence-electron chi connectivity index (χ2n) is 5.38. The molecule has 0 bridgehead atoms. The van der Waals surface area contributed by atoms with Crippen molar-refractivity contribution in [3.63, 3.8) is 0 Å². The van der Waals surface area contributed by atoms with Gasteiger partial charge in [0.2, 0.25) is 5.91 Å². The van der Waals surface area contributed by atoms with Crippen molar-refractivity contribution in [1.29, 1.82) is 0 Å². The van der Waals surface area contributed by atoms with Crippen molar-refractivity contribution in [2.75, 3.05) is 33.4 Å². The first-order valence-corrected chi connectivity index (χ1v) is 7.48. The Labute approximate surface area is 125 Å². The van der Waals surface area contributed by atoms with Crippen LogP contribution >= 0.6 is 0 Å². The molecule has 0 spiro atoms. The van der Waals surface area contributed by atoms with E-state index in [1.807, 2.05) is 24.3 Å². The summed E-state index contributed by atoms with van der Waals surface area (Å²) in [5.41, 5.74) is 0.932. The number of carbonyl (C=O) groups is 1. The molecular formula is C16H24N2O3. The molecule has 1 unspecified atom stereocenters. The van der Waals surface area contributed by atoms with Gasteiger partial charge in [0.1, 0.15) is 5.75 Å². The minimum atomic E-state index is -0.00340. The Kier molecular flexibility index (Phi) is 6.02. The summed E-state index contributed by atoms with van der Waals surface area (Å²) in [5.74, 6) is 0.803. The number of rotatable bonds is 7. The average Bonchev–Trinajstić information content (AvgIpc) is 3.00. The lowest BCUT2D eigenvalue weighted by atomic mass is 10.1. The van der Waals surface area contributed by atoms with Crippen molar-refractivity contribution in [3.05, 3.63) is 29.8 Å². The van der Waals surface area contributed by atoms with Crippen molar-refractivity contribution in [3.8, 4) is 5.75 Å². The number of nitrogens with one attached hydrogen (secondary N) is 1. The zero-order valence-electron chi connectivity index (χ0n) is 12.5. The Balaban J connectivity index is 1.96. The zero-order chi connectivity index (χ0) is 15.1. The predicted molar refractivity (Wildman–Crippen MR) is 81.4 cm³/mol. The van der Waals surface area contributed by atoms with Gasteiger partial charge in [0.15, 0.2) is 0 Å². The number of nitrogens with zero attached hydrogens (tertiary/aromatic N) is 1. The third kappa shape index (κ3) is 4.72. The van der Waals surface area contributed by atoms with E-state index in [1.54, 1.807) is 12.0 Å². The molecule has 1 atom stereocenters. The molecule has 2 rings (SSSR count). The van der Waals surface area contributed by atoms with Gasteiger partial charge < -0.3 is 20.1 Å². The van der Waals surface area contributed by atoms with Gasteiger partial charge in [0.05, 0.1) is 20.1 Å². The molecule has 21 heavy (non-hydrogen) atoms. The lowest BCUT2D eigenvalue weighted by Gasteiger charge is -2.25. The molecule has 1 aromatic rings. The highest BCUT2D eigenvalue weighted by Gasteiger charge is 2.21. The van der Waals surface area contributed by atoms with Crippen LogP contribution in [0.4, 0.5) is 0 Å². The van der Waals surface area contributed by atoms with Crippen LogP contribution in [0.2, 0.25) is 0 Å². The monoisotopic (exact) mass is 292 g/mol. The number of benzene rings is 1. The number of aliphatic hydroxyl groups excluding tert-OH is 1. The molecule has 5 nitrogen and oxygen atoms in total. The van der Waals surface area contributed by atoms with Crippen LogP contribution in [0.25, 0.3) is 0 Å². The second-order valence-corrected chi connectivity index (χ2v) is 5.38.